The summed E-state index contributed by atoms with van der Waals surface area (Å²) in [6.45, 7) is 7.19. The molecule has 1 aliphatic heterocycles. The van der Waals surface area contributed by atoms with Crippen molar-refractivity contribution in [3.63, 3.8) is 0 Å². The van der Waals surface area contributed by atoms with Crippen LogP contribution >= 0.6 is 0 Å². The lowest BCUT2D eigenvalue weighted by Gasteiger charge is -1.98. The topological polar surface area (TPSA) is 56.7 Å². The number of hydrogen-bond donors (Lipinski definition) is 1. The normalized spacial score (nSPS) is 13.0. The fourth-order valence-corrected chi connectivity index (χ4v) is 3.22. The first-order valence-corrected chi connectivity index (χ1v) is 8.10. The lowest BCUT2D eigenvalue weighted by molar-refractivity contribution is 0.786. The van der Waals surface area contributed by atoms with Crippen LogP contribution in [0.5, 0.6) is 0 Å². The van der Waals surface area contributed by atoms with Crippen LogP contribution in [0.25, 0.3) is 16.6 Å². The molecule has 0 aliphatic carbocycles. The number of fused-ring (bicyclic) bond motifs is 3. The molecule has 2 N–H and O–H groups in total. The van der Waals surface area contributed by atoms with Crippen molar-refractivity contribution in [1.29, 1.82) is 0 Å². The van der Waals surface area contributed by atoms with Gasteiger partial charge in [-0.2, -0.15) is 0 Å². The molecule has 0 saturated heterocycles. The summed E-state index contributed by atoms with van der Waals surface area (Å²) < 4.78 is 2.15. The summed E-state index contributed by atoms with van der Waals surface area (Å²) >= 11 is 0. The molecule has 4 heteroatoms. The first-order chi connectivity index (χ1) is 11.7. The maximum Gasteiger partial charge on any atom is 0.147 e. The van der Waals surface area contributed by atoms with Gasteiger partial charge < -0.3 is 10.3 Å². The van der Waals surface area contributed by atoms with Crippen LogP contribution in [0.1, 0.15) is 35.7 Å². The van der Waals surface area contributed by atoms with Crippen molar-refractivity contribution in [3.8, 4) is 11.8 Å². The highest BCUT2D eigenvalue weighted by atomic mass is 15.1. The quantitative estimate of drug-likeness (QED) is 0.700. The van der Waals surface area contributed by atoms with Gasteiger partial charge in [-0.05, 0) is 36.1 Å². The predicted octanol–water partition coefficient (Wildman–Crippen LogP) is 3.39. The number of anilines is 1. The van der Waals surface area contributed by atoms with E-state index in [-0.39, 0.29) is 0 Å². The number of aryl methyl sites for hydroxylation is 2. The Bertz CT molecular complexity index is 1010. The minimum Gasteiger partial charge on any atom is -0.383 e. The van der Waals surface area contributed by atoms with Gasteiger partial charge in [-0.15, -0.1) is 0 Å². The van der Waals surface area contributed by atoms with E-state index in [4.69, 9.17) is 5.73 Å². The third kappa shape index (κ3) is 2.17. The number of nitrogens with two attached hydrogens (primary N) is 1. The van der Waals surface area contributed by atoms with Crippen LogP contribution in [-0.4, -0.2) is 14.5 Å². The van der Waals surface area contributed by atoms with E-state index < -0.39 is 0 Å². The van der Waals surface area contributed by atoms with Gasteiger partial charge in [0, 0.05) is 12.1 Å². The van der Waals surface area contributed by atoms with Crippen molar-refractivity contribution < 1.29 is 0 Å². The Morgan fingerprint density at radius 2 is 2.00 bits per heavy atom. The maximum absolute atomic E-state index is 6.11. The average molecular weight is 314 g/mol. The van der Waals surface area contributed by atoms with Gasteiger partial charge in [-0.3, -0.25) is 0 Å². The van der Waals surface area contributed by atoms with Crippen molar-refractivity contribution in [2.75, 3.05) is 5.73 Å². The summed E-state index contributed by atoms with van der Waals surface area (Å²) in [4.78, 5) is 8.55. The second-order valence-electron chi connectivity index (χ2n) is 5.99. The highest BCUT2D eigenvalue weighted by Crippen LogP contribution is 2.37. The number of benzene rings is 1. The average Bonchev–Trinajstić information content (AvgIpc) is 3.13. The molecule has 4 rings (SSSR count). The van der Waals surface area contributed by atoms with Crippen LogP contribution in [0.3, 0.4) is 0 Å². The van der Waals surface area contributed by atoms with E-state index in [1.165, 1.54) is 11.9 Å². The van der Waals surface area contributed by atoms with Gasteiger partial charge in [0.25, 0.3) is 0 Å². The highest BCUT2D eigenvalue weighted by Gasteiger charge is 2.25. The Kier molecular flexibility index (Phi) is 3.35. The number of hydrogen-bond acceptors (Lipinski definition) is 3. The molecule has 0 unspecified atom stereocenters. The van der Waals surface area contributed by atoms with Crippen LogP contribution < -0.4 is 5.73 Å². The van der Waals surface area contributed by atoms with Crippen molar-refractivity contribution in [3.05, 3.63) is 59.6 Å². The van der Waals surface area contributed by atoms with E-state index in [0.717, 1.165) is 52.8 Å². The Morgan fingerprint density at radius 3 is 2.75 bits per heavy atom. The van der Waals surface area contributed by atoms with E-state index in [1.807, 2.05) is 0 Å². The summed E-state index contributed by atoms with van der Waals surface area (Å²) in [5, 5.41) is 0.839. The number of aromatic nitrogens is 3. The van der Waals surface area contributed by atoms with Crippen LogP contribution in [-0.2, 0) is 13.0 Å². The number of nitrogen functional groups attached to an aromatic ring is 1. The van der Waals surface area contributed by atoms with E-state index >= 15 is 0 Å². The first kappa shape index (κ1) is 14.5. The molecule has 3 aromatic rings. The van der Waals surface area contributed by atoms with E-state index in [2.05, 4.69) is 64.1 Å². The van der Waals surface area contributed by atoms with E-state index in [9.17, 15) is 0 Å². The Morgan fingerprint density at radius 1 is 1.21 bits per heavy atom. The Hall–Kier alpha value is -3.06. The second-order valence-corrected chi connectivity index (χ2v) is 5.99. The monoisotopic (exact) mass is 314 g/mol. The molecule has 24 heavy (non-hydrogen) atoms. The molecule has 118 valence electrons. The Labute approximate surface area is 141 Å². The molecule has 0 atom stereocenters. The molecule has 3 heterocycles. The summed E-state index contributed by atoms with van der Waals surface area (Å²) in [6.07, 6.45) is 3.46. The molecule has 0 radical (unpaired) electrons. The zero-order valence-corrected chi connectivity index (χ0v) is 13.6. The van der Waals surface area contributed by atoms with Crippen molar-refractivity contribution in [2.45, 2.75) is 26.3 Å². The summed E-state index contributed by atoms with van der Waals surface area (Å²) in [5.74, 6) is 7.03. The number of allylic oxidation sites excluding steroid dienone is 1. The van der Waals surface area contributed by atoms with Crippen LogP contribution in [0.15, 0.2) is 37.2 Å². The third-order valence-electron chi connectivity index (χ3n) is 4.54. The second kappa shape index (κ2) is 5.54. The van der Waals surface area contributed by atoms with Crippen LogP contribution in [0.2, 0.25) is 0 Å². The molecule has 1 aromatic carbocycles. The summed E-state index contributed by atoms with van der Waals surface area (Å²) in [6, 6.07) is 8.34. The lowest BCUT2D eigenvalue weighted by atomic mass is 10.1. The van der Waals surface area contributed by atoms with Gasteiger partial charge in [0.1, 0.15) is 17.8 Å². The van der Waals surface area contributed by atoms with Crippen molar-refractivity contribution in [2.24, 2.45) is 0 Å². The van der Waals surface area contributed by atoms with Crippen molar-refractivity contribution >= 4 is 22.4 Å². The highest BCUT2D eigenvalue weighted by molar-refractivity contribution is 5.98. The van der Waals surface area contributed by atoms with E-state index in [0.29, 0.717) is 5.82 Å². The SMILES string of the molecule is C=C1CCn2c1c(C#Cc1ccc(CC)cc1)c1c(N)ncnc12. The summed E-state index contributed by atoms with van der Waals surface area (Å²) in [5.41, 5.74) is 12.3. The molecule has 0 fully saturated rings. The first-order valence-electron chi connectivity index (χ1n) is 8.10. The smallest absolute Gasteiger partial charge is 0.147 e. The molecular weight excluding hydrogens is 296 g/mol. The minimum atomic E-state index is 0.473. The zero-order chi connectivity index (χ0) is 16.7. The standard InChI is InChI=1S/C20H18N4/c1-3-14-4-6-15(7-5-14)8-9-16-17-19(21)22-12-23-20(17)24-11-10-13(2)18(16)24/h4-7,12H,2-3,10-11H2,1H3,(H2,21,22,23). The zero-order valence-electron chi connectivity index (χ0n) is 13.6. The van der Waals surface area contributed by atoms with Gasteiger partial charge in [-0.25, -0.2) is 9.97 Å². The van der Waals surface area contributed by atoms with Gasteiger partial charge in [0.05, 0.1) is 16.6 Å². The molecule has 0 bridgehead atoms. The summed E-state index contributed by atoms with van der Waals surface area (Å²) in [7, 11) is 0. The molecule has 4 nitrogen and oxygen atoms in total. The fraction of sp³-hybridized carbons (Fsp3) is 0.200. The molecule has 1 aliphatic rings. The van der Waals surface area contributed by atoms with Gasteiger partial charge >= 0.3 is 0 Å². The fourth-order valence-electron chi connectivity index (χ4n) is 3.22. The van der Waals surface area contributed by atoms with Crippen molar-refractivity contribution in [1.82, 2.24) is 14.5 Å². The van der Waals surface area contributed by atoms with Gasteiger partial charge in [0.2, 0.25) is 0 Å². The predicted molar refractivity (Wildman–Crippen MR) is 97.4 cm³/mol. The molecule has 2 aromatic heterocycles. The van der Waals surface area contributed by atoms with E-state index in [1.54, 1.807) is 0 Å². The molecule has 0 spiro atoms. The Balaban J connectivity index is 1.89. The minimum absolute atomic E-state index is 0.473. The maximum atomic E-state index is 6.11. The number of nitrogens with zero attached hydrogens (tertiary/aromatic N) is 3. The van der Waals surface area contributed by atoms with Crippen LogP contribution in [0, 0.1) is 11.8 Å². The molecule has 0 saturated carbocycles. The molecular formula is C20H18N4. The van der Waals surface area contributed by atoms with Gasteiger partial charge in [-0.1, -0.05) is 37.5 Å². The largest absolute Gasteiger partial charge is 0.383 e. The lowest BCUT2D eigenvalue weighted by Crippen LogP contribution is -1.96. The number of rotatable bonds is 1. The molecule has 0 amide bonds. The van der Waals surface area contributed by atoms with Crippen LogP contribution in [0.4, 0.5) is 5.82 Å². The third-order valence-corrected chi connectivity index (χ3v) is 4.54. The van der Waals surface area contributed by atoms with Gasteiger partial charge in [0.15, 0.2) is 0 Å².